The molecule has 0 aromatic heterocycles. The van der Waals surface area contributed by atoms with Gasteiger partial charge in [-0.25, -0.2) is 8.42 Å². The van der Waals surface area contributed by atoms with Crippen molar-refractivity contribution in [3.63, 3.8) is 0 Å². The van der Waals surface area contributed by atoms with E-state index in [1.165, 1.54) is 0 Å². The van der Waals surface area contributed by atoms with E-state index < -0.39 is 15.2 Å². The van der Waals surface area contributed by atoms with Crippen molar-refractivity contribution in [3.8, 4) is 0 Å². The molecule has 110 valence electrons. The zero-order valence-electron chi connectivity index (χ0n) is 11.2. The van der Waals surface area contributed by atoms with Gasteiger partial charge in [-0.2, -0.15) is 11.8 Å². The van der Waals surface area contributed by atoms with Crippen LogP contribution in [0, 0.1) is 5.92 Å². The molecule has 2 fully saturated rings. The van der Waals surface area contributed by atoms with Crippen molar-refractivity contribution in [2.24, 2.45) is 5.92 Å². The Labute approximate surface area is 119 Å². The Hall–Kier alpha value is -0.110. The van der Waals surface area contributed by atoms with Gasteiger partial charge in [0.2, 0.25) is 0 Å². The van der Waals surface area contributed by atoms with E-state index in [0.717, 1.165) is 12.3 Å². The summed E-state index contributed by atoms with van der Waals surface area (Å²) in [6, 6.07) is 0. The summed E-state index contributed by atoms with van der Waals surface area (Å²) in [6.45, 7) is 3.87. The van der Waals surface area contributed by atoms with Gasteiger partial charge < -0.3 is 4.74 Å². The Morgan fingerprint density at radius 3 is 2.95 bits per heavy atom. The molecule has 2 saturated heterocycles. The highest BCUT2D eigenvalue weighted by molar-refractivity contribution is 8.01. The fourth-order valence-corrected chi connectivity index (χ4v) is 5.57. The second-order valence-corrected chi connectivity index (χ2v) is 8.56. The fraction of sp³-hybridized carbons (Fsp3) is 0.917. The van der Waals surface area contributed by atoms with Gasteiger partial charge in [-0.3, -0.25) is 9.69 Å². The maximum atomic E-state index is 12.1. The first-order chi connectivity index (χ1) is 9.04. The summed E-state index contributed by atoms with van der Waals surface area (Å²) in [7, 11) is -3.09. The average molecular weight is 307 g/mol. The SMILES string of the molecule is CCS(=O)(=O)C1CSCCN1CC1COCCC1=O. The molecule has 0 amide bonds. The molecule has 0 spiro atoms. The van der Waals surface area contributed by atoms with Gasteiger partial charge in [-0.1, -0.05) is 6.92 Å². The first-order valence-corrected chi connectivity index (χ1v) is 9.55. The zero-order chi connectivity index (χ0) is 13.9. The number of sulfone groups is 1. The van der Waals surface area contributed by atoms with Crippen molar-refractivity contribution in [2.75, 3.05) is 43.6 Å². The third kappa shape index (κ3) is 3.71. The molecule has 0 bridgehead atoms. The van der Waals surface area contributed by atoms with Gasteiger partial charge in [0, 0.05) is 36.8 Å². The van der Waals surface area contributed by atoms with Crippen LogP contribution in [0.15, 0.2) is 0 Å². The molecular formula is C12H21NO4S2. The Morgan fingerprint density at radius 1 is 1.47 bits per heavy atom. The zero-order valence-corrected chi connectivity index (χ0v) is 12.8. The summed E-state index contributed by atoms with van der Waals surface area (Å²) < 4.78 is 29.6. The molecule has 0 aromatic rings. The van der Waals surface area contributed by atoms with Crippen LogP contribution in [0.4, 0.5) is 0 Å². The molecule has 2 atom stereocenters. The second-order valence-electron chi connectivity index (χ2n) is 4.96. The molecule has 2 heterocycles. The lowest BCUT2D eigenvalue weighted by Gasteiger charge is -2.37. The van der Waals surface area contributed by atoms with Crippen LogP contribution in [0.2, 0.25) is 0 Å². The minimum Gasteiger partial charge on any atom is -0.380 e. The van der Waals surface area contributed by atoms with Gasteiger partial charge in [0.1, 0.15) is 11.2 Å². The third-order valence-electron chi connectivity index (χ3n) is 3.73. The van der Waals surface area contributed by atoms with Gasteiger partial charge in [0.05, 0.1) is 19.1 Å². The number of carbonyl (C=O) groups excluding carboxylic acids is 1. The predicted molar refractivity (Wildman–Crippen MR) is 76.1 cm³/mol. The molecule has 2 aliphatic heterocycles. The number of ether oxygens (including phenoxy) is 1. The van der Waals surface area contributed by atoms with Gasteiger partial charge in [0.15, 0.2) is 9.84 Å². The molecule has 2 unspecified atom stereocenters. The van der Waals surface area contributed by atoms with Crippen LogP contribution in [0.5, 0.6) is 0 Å². The van der Waals surface area contributed by atoms with Crippen molar-refractivity contribution in [1.82, 2.24) is 4.90 Å². The van der Waals surface area contributed by atoms with Crippen molar-refractivity contribution in [3.05, 3.63) is 0 Å². The van der Waals surface area contributed by atoms with Crippen LogP contribution in [-0.2, 0) is 19.4 Å². The average Bonchev–Trinajstić information content (AvgIpc) is 2.42. The largest absolute Gasteiger partial charge is 0.380 e. The summed E-state index contributed by atoms with van der Waals surface area (Å²) in [6.07, 6.45) is 0.457. The number of Topliss-reactive ketones (excluding diaryl/α,β-unsaturated/α-hetero) is 1. The summed E-state index contributed by atoms with van der Waals surface area (Å²) in [4.78, 5) is 13.8. The molecule has 0 aromatic carbocycles. The molecule has 2 rings (SSSR count). The van der Waals surface area contributed by atoms with Crippen LogP contribution in [0.1, 0.15) is 13.3 Å². The number of rotatable bonds is 4. The van der Waals surface area contributed by atoms with Gasteiger partial charge in [-0.05, 0) is 0 Å². The van der Waals surface area contributed by atoms with Gasteiger partial charge >= 0.3 is 0 Å². The Kier molecular flexibility index (Phi) is 5.28. The molecule has 5 nitrogen and oxygen atoms in total. The standard InChI is InChI=1S/C12H21NO4S2/c1-2-19(15,16)12-9-18-6-4-13(12)7-10-8-17-5-3-11(10)14/h10,12H,2-9H2,1H3. The maximum absolute atomic E-state index is 12.1. The lowest BCUT2D eigenvalue weighted by atomic mass is 10.00. The van der Waals surface area contributed by atoms with Crippen LogP contribution < -0.4 is 0 Å². The van der Waals surface area contributed by atoms with Crippen LogP contribution in [0.3, 0.4) is 0 Å². The summed E-state index contributed by atoms with van der Waals surface area (Å²) in [5.41, 5.74) is 0. The summed E-state index contributed by atoms with van der Waals surface area (Å²) in [5.74, 6) is 1.74. The minimum atomic E-state index is -3.09. The van der Waals surface area contributed by atoms with E-state index in [-0.39, 0.29) is 17.5 Å². The normalized spacial score (nSPS) is 30.5. The van der Waals surface area contributed by atoms with Crippen molar-refractivity contribution < 1.29 is 17.9 Å². The smallest absolute Gasteiger partial charge is 0.166 e. The molecule has 0 radical (unpaired) electrons. The van der Waals surface area contributed by atoms with Crippen molar-refractivity contribution >= 4 is 27.4 Å². The number of thioether (sulfide) groups is 1. The van der Waals surface area contributed by atoms with E-state index in [1.807, 2.05) is 4.90 Å². The van der Waals surface area contributed by atoms with E-state index in [9.17, 15) is 13.2 Å². The summed E-state index contributed by atoms with van der Waals surface area (Å²) >= 11 is 1.67. The fourth-order valence-electron chi connectivity index (χ4n) is 2.48. The first-order valence-electron chi connectivity index (χ1n) is 6.68. The third-order valence-corrected chi connectivity index (χ3v) is 7.06. The molecule has 0 aliphatic carbocycles. The van der Waals surface area contributed by atoms with E-state index in [4.69, 9.17) is 4.74 Å². The van der Waals surface area contributed by atoms with E-state index in [2.05, 4.69) is 0 Å². The van der Waals surface area contributed by atoms with Crippen LogP contribution in [0.25, 0.3) is 0 Å². The number of carbonyl (C=O) groups is 1. The van der Waals surface area contributed by atoms with Crippen LogP contribution in [-0.4, -0.2) is 68.0 Å². The van der Waals surface area contributed by atoms with Crippen LogP contribution >= 0.6 is 11.8 Å². The first kappa shape index (κ1) is 15.3. The number of hydrogen-bond acceptors (Lipinski definition) is 6. The Bertz CT molecular complexity index is 423. The molecular weight excluding hydrogens is 286 g/mol. The second kappa shape index (κ2) is 6.56. The van der Waals surface area contributed by atoms with Crippen molar-refractivity contribution in [1.29, 1.82) is 0 Å². The molecule has 19 heavy (non-hydrogen) atoms. The van der Waals surface area contributed by atoms with E-state index >= 15 is 0 Å². The molecule has 2 aliphatic rings. The highest BCUT2D eigenvalue weighted by atomic mass is 32.2. The Balaban J connectivity index is 2.05. The summed E-state index contributed by atoms with van der Waals surface area (Å²) in [5, 5.41) is -0.439. The molecule has 0 saturated carbocycles. The Morgan fingerprint density at radius 2 is 2.26 bits per heavy atom. The number of nitrogens with zero attached hydrogens (tertiary/aromatic N) is 1. The monoisotopic (exact) mass is 307 g/mol. The molecule has 0 N–H and O–H groups in total. The minimum absolute atomic E-state index is 0.157. The predicted octanol–water partition coefficient (Wildman–Crippen LogP) is 0.402. The topological polar surface area (TPSA) is 63.7 Å². The number of hydrogen-bond donors (Lipinski definition) is 0. The van der Waals surface area contributed by atoms with Gasteiger partial charge in [-0.15, -0.1) is 0 Å². The van der Waals surface area contributed by atoms with E-state index in [1.54, 1.807) is 18.7 Å². The van der Waals surface area contributed by atoms with Crippen molar-refractivity contribution in [2.45, 2.75) is 18.7 Å². The quantitative estimate of drug-likeness (QED) is 0.749. The molecule has 7 heteroatoms. The highest BCUT2D eigenvalue weighted by Crippen LogP contribution is 2.23. The lowest BCUT2D eigenvalue weighted by molar-refractivity contribution is -0.131. The maximum Gasteiger partial charge on any atom is 0.166 e. The van der Waals surface area contributed by atoms with Gasteiger partial charge in [0.25, 0.3) is 0 Å². The number of ketones is 1. The van der Waals surface area contributed by atoms with E-state index in [0.29, 0.717) is 31.9 Å². The highest BCUT2D eigenvalue weighted by Gasteiger charge is 2.35. The lowest BCUT2D eigenvalue weighted by Crippen LogP contribution is -2.51.